The van der Waals surface area contributed by atoms with Gasteiger partial charge in [-0.15, -0.1) is 0 Å². The summed E-state index contributed by atoms with van der Waals surface area (Å²) in [6, 6.07) is 13.7. The van der Waals surface area contributed by atoms with Gasteiger partial charge in [0.25, 0.3) is 10.1 Å². The maximum absolute atomic E-state index is 11.1. The molecule has 2 rings (SSSR count). The van der Waals surface area contributed by atoms with Crippen molar-refractivity contribution in [1.82, 2.24) is 0 Å². The van der Waals surface area contributed by atoms with Crippen molar-refractivity contribution in [2.75, 3.05) is 0 Å². The molecule has 2 aromatic rings. The summed E-state index contributed by atoms with van der Waals surface area (Å²) in [5.74, 6) is 1.26. The molecule has 0 heterocycles. The molecule has 27 heavy (non-hydrogen) atoms. The smallest absolute Gasteiger partial charge is 0.294 e. The summed E-state index contributed by atoms with van der Waals surface area (Å²) in [5.41, 5.74) is 1.24. The third-order valence-electron chi connectivity index (χ3n) is 4.57. The number of rotatable bonds is 12. The maximum atomic E-state index is 11.1. The summed E-state index contributed by atoms with van der Waals surface area (Å²) in [7, 11) is -4.18. The zero-order chi connectivity index (χ0) is 19.5. The Morgan fingerprint density at radius 1 is 0.815 bits per heavy atom. The normalized spacial score (nSPS) is 11.5. The summed E-state index contributed by atoms with van der Waals surface area (Å²) < 4.78 is 37.0. The van der Waals surface area contributed by atoms with Gasteiger partial charge in [0.05, 0.1) is 4.90 Å². The average molecular weight is 391 g/mol. The van der Waals surface area contributed by atoms with E-state index in [2.05, 4.69) is 13.0 Å². The molecule has 2 aromatic carbocycles. The largest absolute Gasteiger partial charge is 0.457 e. The first-order chi connectivity index (χ1) is 13.0. The van der Waals surface area contributed by atoms with Crippen LogP contribution in [0.3, 0.4) is 0 Å². The highest BCUT2D eigenvalue weighted by Crippen LogP contribution is 2.24. The van der Waals surface area contributed by atoms with E-state index in [1.807, 2.05) is 18.2 Å². The van der Waals surface area contributed by atoms with Gasteiger partial charge in [-0.25, -0.2) is 0 Å². The number of aryl methyl sites for hydroxylation is 1. The number of ether oxygens (including phenoxy) is 1. The summed E-state index contributed by atoms with van der Waals surface area (Å²) in [5, 5.41) is 0. The zero-order valence-electron chi connectivity index (χ0n) is 16.1. The number of hydrogen-bond acceptors (Lipinski definition) is 3. The van der Waals surface area contributed by atoms with E-state index < -0.39 is 10.1 Å². The fourth-order valence-electron chi connectivity index (χ4n) is 3.04. The van der Waals surface area contributed by atoms with Crippen LogP contribution in [0.4, 0.5) is 0 Å². The van der Waals surface area contributed by atoms with E-state index in [-0.39, 0.29) is 4.90 Å². The van der Waals surface area contributed by atoms with Crippen LogP contribution in [0, 0.1) is 0 Å². The minimum absolute atomic E-state index is 0.140. The number of hydrogen-bond donors (Lipinski definition) is 1. The summed E-state index contributed by atoms with van der Waals surface area (Å²) in [6.07, 6.45) is 11.5. The van der Waals surface area contributed by atoms with E-state index in [9.17, 15) is 8.42 Å². The highest BCUT2D eigenvalue weighted by molar-refractivity contribution is 7.85. The Bertz CT molecular complexity index is 782. The van der Waals surface area contributed by atoms with Crippen LogP contribution < -0.4 is 4.74 Å². The summed E-state index contributed by atoms with van der Waals surface area (Å²) in [4.78, 5) is -0.140. The lowest BCUT2D eigenvalue weighted by Gasteiger charge is -2.08. The van der Waals surface area contributed by atoms with Gasteiger partial charge in [0.2, 0.25) is 0 Å². The first-order valence-corrected chi connectivity index (χ1v) is 11.3. The van der Waals surface area contributed by atoms with Crippen LogP contribution in [0.5, 0.6) is 11.5 Å². The fraction of sp³-hybridized carbons (Fsp3) is 0.455. The Morgan fingerprint density at radius 2 is 1.44 bits per heavy atom. The molecule has 148 valence electrons. The molecule has 0 bridgehead atoms. The second kappa shape index (κ2) is 11.1. The molecule has 0 atom stereocenters. The molecule has 0 saturated carbocycles. The molecule has 4 nitrogen and oxygen atoms in total. The van der Waals surface area contributed by atoms with Gasteiger partial charge in [-0.05, 0) is 54.8 Å². The molecular weight excluding hydrogens is 360 g/mol. The molecule has 1 N–H and O–H groups in total. The summed E-state index contributed by atoms with van der Waals surface area (Å²) in [6.45, 7) is 2.24. The molecule has 0 aromatic heterocycles. The van der Waals surface area contributed by atoms with Crippen molar-refractivity contribution in [1.29, 1.82) is 0 Å². The first-order valence-electron chi connectivity index (χ1n) is 9.83. The molecule has 0 aliphatic rings. The van der Waals surface area contributed by atoms with Crippen LogP contribution in [0.1, 0.15) is 63.9 Å². The minimum Gasteiger partial charge on any atom is -0.457 e. The lowest BCUT2D eigenvalue weighted by Crippen LogP contribution is -1.97. The number of unbranched alkanes of at least 4 members (excludes halogenated alkanes) is 7. The van der Waals surface area contributed by atoms with Gasteiger partial charge >= 0.3 is 0 Å². The standard InChI is InChI=1S/C22H30O4S/c1-2-3-4-5-6-7-8-9-11-19-12-10-13-21(18-19)26-20-14-16-22(17-15-20)27(23,24)25/h10,12-18H,2-9,11H2,1H3,(H,23,24,25). The van der Waals surface area contributed by atoms with Gasteiger partial charge in [0, 0.05) is 0 Å². The Morgan fingerprint density at radius 3 is 2.07 bits per heavy atom. The molecule has 0 unspecified atom stereocenters. The Kier molecular flexibility index (Phi) is 8.82. The predicted octanol–water partition coefficient (Wildman–Crippen LogP) is 6.41. The highest BCUT2D eigenvalue weighted by Gasteiger charge is 2.09. The van der Waals surface area contributed by atoms with Crippen LogP contribution in [0.15, 0.2) is 53.4 Å². The third kappa shape index (κ3) is 8.14. The lowest BCUT2D eigenvalue weighted by atomic mass is 10.0. The van der Waals surface area contributed by atoms with Gasteiger partial charge in [0.15, 0.2) is 0 Å². The summed E-state index contributed by atoms with van der Waals surface area (Å²) >= 11 is 0. The molecule has 0 aliphatic carbocycles. The lowest BCUT2D eigenvalue weighted by molar-refractivity contribution is 0.477. The van der Waals surface area contributed by atoms with Crippen LogP contribution in [0.2, 0.25) is 0 Å². The molecule has 0 fully saturated rings. The van der Waals surface area contributed by atoms with Gasteiger partial charge in [-0.2, -0.15) is 8.42 Å². The molecule has 5 heteroatoms. The van der Waals surface area contributed by atoms with Gasteiger partial charge in [0.1, 0.15) is 11.5 Å². The van der Waals surface area contributed by atoms with Crippen LogP contribution in [-0.2, 0) is 16.5 Å². The highest BCUT2D eigenvalue weighted by atomic mass is 32.2. The van der Waals surface area contributed by atoms with Crippen molar-refractivity contribution in [3.63, 3.8) is 0 Å². The fourth-order valence-corrected chi connectivity index (χ4v) is 3.52. The minimum atomic E-state index is -4.18. The van der Waals surface area contributed by atoms with Crippen LogP contribution in [-0.4, -0.2) is 13.0 Å². The van der Waals surface area contributed by atoms with Crippen molar-refractivity contribution < 1.29 is 17.7 Å². The van der Waals surface area contributed by atoms with Gasteiger partial charge < -0.3 is 4.74 Å². The topological polar surface area (TPSA) is 63.6 Å². The van der Waals surface area contributed by atoms with Crippen molar-refractivity contribution in [2.45, 2.75) is 69.6 Å². The van der Waals surface area contributed by atoms with Crippen LogP contribution in [0.25, 0.3) is 0 Å². The molecule has 0 saturated heterocycles. The Balaban J connectivity index is 1.78. The molecule has 0 amide bonds. The Labute approximate surface area is 163 Å². The molecule has 0 spiro atoms. The first kappa shape index (κ1) is 21.5. The van der Waals surface area contributed by atoms with E-state index >= 15 is 0 Å². The van der Waals surface area contributed by atoms with E-state index in [4.69, 9.17) is 9.29 Å². The monoisotopic (exact) mass is 390 g/mol. The predicted molar refractivity (Wildman–Crippen MR) is 109 cm³/mol. The third-order valence-corrected chi connectivity index (χ3v) is 5.44. The van der Waals surface area contributed by atoms with Crippen molar-refractivity contribution in [3.05, 3.63) is 54.1 Å². The SMILES string of the molecule is CCCCCCCCCCc1cccc(Oc2ccc(S(=O)(=O)O)cc2)c1. The quantitative estimate of drug-likeness (QED) is 0.336. The maximum Gasteiger partial charge on any atom is 0.294 e. The molecule has 0 radical (unpaired) electrons. The molecule has 0 aliphatic heterocycles. The zero-order valence-corrected chi connectivity index (χ0v) is 16.9. The average Bonchev–Trinajstić information content (AvgIpc) is 2.64. The van der Waals surface area contributed by atoms with Gasteiger partial charge in [-0.3, -0.25) is 4.55 Å². The van der Waals surface area contributed by atoms with Crippen molar-refractivity contribution in [3.8, 4) is 11.5 Å². The van der Waals surface area contributed by atoms with E-state index in [1.54, 1.807) is 0 Å². The van der Waals surface area contributed by atoms with Crippen molar-refractivity contribution >= 4 is 10.1 Å². The Hall–Kier alpha value is -1.85. The second-order valence-corrected chi connectivity index (χ2v) is 8.34. The number of benzene rings is 2. The second-order valence-electron chi connectivity index (χ2n) is 6.92. The van der Waals surface area contributed by atoms with Crippen LogP contribution >= 0.6 is 0 Å². The van der Waals surface area contributed by atoms with E-state index in [1.165, 1.54) is 81.2 Å². The van der Waals surface area contributed by atoms with E-state index in [0.717, 1.165) is 12.2 Å². The van der Waals surface area contributed by atoms with Gasteiger partial charge in [-0.1, -0.05) is 64.0 Å². The molecular formula is C22H30O4S. The van der Waals surface area contributed by atoms with E-state index in [0.29, 0.717) is 5.75 Å². The van der Waals surface area contributed by atoms with Crippen molar-refractivity contribution in [2.24, 2.45) is 0 Å².